The topological polar surface area (TPSA) is 71.3 Å². The molecule has 2 fully saturated rings. The van der Waals surface area contributed by atoms with Crippen molar-refractivity contribution < 1.29 is 9.21 Å². The molecule has 2 aromatic heterocycles. The van der Waals surface area contributed by atoms with Crippen LogP contribution in [0.2, 0.25) is 0 Å². The van der Waals surface area contributed by atoms with E-state index in [1.807, 2.05) is 12.4 Å². The van der Waals surface area contributed by atoms with E-state index in [9.17, 15) is 4.79 Å². The number of hydrogen-bond donors (Lipinski definition) is 1. The summed E-state index contributed by atoms with van der Waals surface area (Å²) in [6, 6.07) is 3.43. The van der Waals surface area contributed by atoms with Gasteiger partial charge < -0.3 is 9.73 Å². The van der Waals surface area contributed by atoms with Crippen LogP contribution in [-0.4, -0.2) is 40.4 Å². The van der Waals surface area contributed by atoms with Gasteiger partial charge in [-0.3, -0.25) is 9.69 Å². The summed E-state index contributed by atoms with van der Waals surface area (Å²) >= 11 is 0. The van der Waals surface area contributed by atoms with Crippen molar-refractivity contribution in [3.8, 4) is 0 Å². The van der Waals surface area contributed by atoms with Gasteiger partial charge in [0.25, 0.3) is 5.91 Å². The molecule has 2 aliphatic rings. The Morgan fingerprint density at radius 1 is 1.14 bits per heavy atom. The lowest BCUT2D eigenvalue weighted by Gasteiger charge is -2.32. The number of amides is 1. The van der Waals surface area contributed by atoms with Crippen molar-refractivity contribution >= 4 is 5.91 Å². The molecule has 6 nitrogen and oxygen atoms in total. The molecule has 0 bridgehead atoms. The second kappa shape index (κ2) is 9.32. The fourth-order valence-corrected chi connectivity index (χ4v) is 4.47. The summed E-state index contributed by atoms with van der Waals surface area (Å²) < 4.78 is 5.15. The molecule has 1 atom stereocenters. The molecule has 0 radical (unpaired) electrons. The van der Waals surface area contributed by atoms with Crippen molar-refractivity contribution in [1.82, 2.24) is 20.2 Å². The molecule has 2 aromatic rings. The third-order valence-corrected chi connectivity index (χ3v) is 6.00. The molecule has 1 N–H and O–H groups in total. The third-order valence-electron chi connectivity index (χ3n) is 6.00. The summed E-state index contributed by atoms with van der Waals surface area (Å²) in [5, 5.41) is 3.00. The number of furan rings is 1. The number of nitrogens with zero attached hydrogens (tertiary/aromatic N) is 3. The lowest BCUT2D eigenvalue weighted by atomic mass is 9.89. The van der Waals surface area contributed by atoms with Crippen molar-refractivity contribution in [1.29, 1.82) is 0 Å². The Balaban J connectivity index is 1.25. The van der Waals surface area contributed by atoms with Gasteiger partial charge in [-0.15, -0.1) is 0 Å². The lowest BCUT2D eigenvalue weighted by molar-refractivity contribution is 0.0903. The molecule has 1 saturated carbocycles. The normalized spacial score (nSPS) is 21.5. The number of carbonyl (C=O) groups is 1. The van der Waals surface area contributed by atoms with Gasteiger partial charge in [0, 0.05) is 43.5 Å². The Morgan fingerprint density at radius 2 is 1.96 bits per heavy atom. The maximum absolute atomic E-state index is 12.0. The maximum atomic E-state index is 12.0. The molecule has 0 aromatic carbocycles. The Hall–Kier alpha value is -2.21. The quantitative estimate of drug-likeness (QED) is 0.824. The molecule has 28 heavy (non-hydrogen) atoms. The highest BCUT2D eigenvalue weighted by atomic mass is 16.3. The largest absolute Gasteiger partial charge is 0.459 e. The zero-order chi connectivity index (χ0) is 19.2. The van der Waals surface area contributed by atoms with Gasteiger partial charge in [0.15, 0.2) is 5.76 Å². The highest BCUT2D eigenvalue weighted by molar-refractivity contribution is 5.91. The van der Waals surface area contributed by atoms with E-state index >= 15 is 0 Å². The van der Waals surface area contributed by atoms with Gasteiger partial charge >= 0.3 is 0 Å². The summed E-state index contributed by atoms with van der Waals surface area (Å²) in [6.07, 6.45) is 14.3. The summed E-state index contributed by atoms with van der Waals surface area (Å²) in [5.41, 5.74) is 1.18. The number of nitrogens with one attached hydrogen (secondary N) is 1. The predicted octanol–water partition coefficient (Wildman–Crippen LogP) is 3.76. The molecule has 150 valence electrons. The lowest BCUT2D eigenvalue weighted by Crippen LogP contribution is -2.40. The zero-order valence-corrected chi connectivity index (χ0v) is 16.5. The number of piperidine rings is 1. The fourth-order valence-electron chi connectivity index (χ4n) is 4.47. The second-order valence-corrected chi connectivity index (χ2v) is 8.22. The molecule has 4 rings (SSSR count). The predicted molar refractivity (Wildman–Crippen MR) is 107 cm³/mol. The standard InChI is InChI=1S/C22H30N4O2/c27-22(20-9-5-11-28-20)25-12-17-6-4-10-26(15-17)16-18-13-23-21(24-14-18)19-7-2-1-3-8-19/h5,9,11,13-14,17,19H,1-4,6-8,10,12,15-16H2,(H,25,27). The van der Waals surface area contributed by atoms with E-state index in [2.05, 4.69) is 20.2 Å². The average molecular weight is 383 g/mol. The van der Waals surface area contributed by atoms with Crippen LogP contribution in [0, 0.1) is 5.92 Å². The van der Waals surface area contributed by atoms with Crippen LogP contribution < -0.4 is 5.32 Å². The smallest absolute Gasteiger partial charge is 0.286 e. The van der Waals surface area contributed by atoms with Gasteiger partial charge in [-0.2, -0.15) is 0 Å². The molecule has 0 spiro atoms. The van der Waals surface area contributed by atoms with Crippen molar-refractivity contribution in [2.24, 2.45) is 5.92 Å². The van der Waals surface area contributed by atoms with E-state index in [0.717, 1.165) is 38.3 Å². The van der Waals surface area contributed by atoms with E-state index in [4.69, 9.17) is 4.42 Å². The van der Waals surface area contributed by atoms with Crippen LogP contribution in [0.5, 0.6) is 0 Å². The molecule has 6 heteroatoms. The number of carbonyl (C=O) groups excluding carboxylic acids is 1. The summed E-state index contributed by atoms with van der Waals surface area (Å²) in [7, 11) is 0. The summed E-state index contributed by atoms with van der Waals surface area (Å²) in [4.78, 5) is 23.8. The SMILES string of the molecule is O=C(NCC1CCCN(Cc2cnc(C3CCCCC3)nc2)C1)c1ccco1. The fraction of sp³-hybridized carbons (Fsp3) is 0.591. The first kappa shape index (κ1) is 19.1. The Labute approximate surface area is 166 Å². The van der Waals surface area contributed by atoms with Crippen molar-refractivity contribution in [3.63, 3.8) is 0 Å². The maximum Gasteiger partial charge on any atom is 0.286 e. The number of rotatable bonds is 6. The summed E-state index contributed by atoms with van der Waals surface area (Å²) in [5.74, 6) is 2.30. The van der Waals surface area contributed by atoms with Crippen LogP contribution in [0.15, 0.2) is 35.2 Å². The number of aromatic nitrogens is 2. The van der Waals surface area contributed by atoms with E-state index < -0.39 is 0 Å². The molecular formula is C22H30N4O2. The molecule has 1 aliphatic carbocycles. The van der Waals surface area contributed by atoms with E-state index in [0.29, 0.717) is 24.1 Å². The Kier molecular flexibility index (Phi) is 6.37. The first-order chi connectivity index (χ1) is 13.8. The third kappa shape index (κ3) is 4.98. The van der Waals surface area contributed by atoms with E-state index in [-0.39, 0.29) is 5.91 Å². The van der Waals surface area contributed by atoms with Crippen LogP contribution in [-0.2, 0) is 6.54 Å². The first-order valence-electron chi connectivity index (χ1n) is 10.6. The number of likely N-dealkylation sites (tertiary alicyclic amines) is 1. The van der Waals surface area contributed by atoms with Crippen molar-refractivity contribution in [3.05, 3.63) is 47.9 Å². The van der Waals surface area contributed by atoms with Crippen LogP contribution in [0.3, 0.4) is 0 Å². The highest BCUT2D eigenvalue weighted by Crippen LogP contribution is 2.30. The molecule has 1 unspecified atom stereocenters. The van der Waals surface area contributed by atoms with Gasteiger partial charge in [0.05, 0.1) is 6.26 Å². The van der Waals surface area contributed by atoms with E-state index in [1.54, 1.807) is 12.1 Å². The minimum absolute atomic E-state index is 0.131. The van der Waals surface area contributed by atoms with Crippen LogP contribution in [0.4, 0.5) is 0 Å². The van der Waals surface area contributed by atoms with Gasteiger partial charge in [0.2, 0.25) is 0 Å². The molecule has 1 amide bonds. The van der Waals surface area contributed by atoms with Crippen molar-refractivity contribution in [2.45, 2.75) is 57.4 Å². The molecule has 3 heterocycles. The van der Waals surface area contributed by atoms with Gasteiger partial charge in [0.1, 0.15) is 5.82 Å². The molecule has 1 aliphatic heterocycles. The highest BCUT2D eigenvalue weighted by Gasteiger charge is 2.22. The van der Waals surface area contributed by atoms with Crippen LogP contribution in [0.1, 0.15) is 72.8 Å². The minimum Gasteiger partial charge on any atom is -0.459 e. The van der Waals surface area contributed by atoms with E-state index in [1.165, 1.54) is 43.9 Å². The van der Waals surface area contributed by atoms with Crippen molar-refractivity contribution in [2.75, 3.05) is 19.6 Å². The van der Waals surface area contributed by atoms with Crippen LogP contribution in [0.25, 0.3) is 0 Å². The van der Waals surface area contributed by atoms with Gasteiger partial charge in [-0.1, -0.05) is 19.3 Å². The number of hydrogen-bond acceptors (Lipinski definition) is 5. The Morgan fingerprint density at radius 3 is 2.71 bits per heavy atom. The molecular weight excluding hydrogens is 352 g/mol. The van der Waals surface area contributed by atoms with Crippen LogP contribution >= 0.6 is 0 Å². The monoisotopic (exact) mass is 382 g/mol. The van der Waals surface area contributed by atoms with Gasteiger partial charge in [-0.25, -0.2) is 9.97 Å². The first-order valence-corrected chi connectivity index (χ1v) is 10.6. The second-order valence-electron chi connectivity index (χ2n) is 8.22. The Bertz CT molecular complexity index is 738. The minimum atomic E-state index is -0.131. The molecule has 1 saturated heterocycles. The zero-order valence-electron chi connectivity index (χ0n) is 16.5. The summed E-state index contributed by atoms with van der Waals surface area (Å²) in [6.45, 7) is 3.65. The average Bonchev–Trinajstić information content (AvgIpc) is 3.29. The van der Waals surface area contributed by atoms with Gasteiger partial charge in [-0.05, 0) is 50.3 Å².